The first-order chi connectivity index (χ1) is 7.36. The van der Waals surface area contributed by atoms with Crippen LogP contribution >= 0.6 is 0 Å². The average molecular weight is 213 g/mol. The largest absolute Gasteiger partial charge is 0.385 e. The molecule has 0 radical (unpaired) electrons. The van der Waals surface area contributed by atoms with E-state index in [9.17, 15) is 0 Å². The van der Waals surface area contributed by atoms with Crippen LogP contribution in [0.25, 0.3) is 0 Å². The molecule has 15 heavy (non-hydrogen) atoms. The molecule has 0 aliphatic heterocycles. The maximum atomic E-state index is 5.11. The van der Waals surface area contributed by atoms with E-state index in [0.29, 0.717) is 0 Å². The fourth-order valence-corrected chi connectivity index (χ4v) is 1.28. The number of methoxy groups -OCH3 is 1. The molecule has 0 amide bonds. The van der Waals surface area contributed by atoms with Crippen LogP contribution in [0.5, 0.6) is 0 Å². The minimum absolute atomic E-state index is 0.734. The Hall–Kier alpha value is -0.940. The molecule has 5 nitrogen and oxygen atoms in total. The van der Waals surface area contributed by atoms with Crippen molar-refractivity contribution >= 4 is 0 Å². The minimum Gasteiger partial charge on any atom is -0.385 e. The minimum atomic E-state index is 0.734. The molecule has 0 spiro atoms. The van der Waals surface area contributed by atoms with Crippen molar-refractivity contribution in [3.63, 3.8) is 0 Å². The zero-order chi connectivity index (χ0) is 10.9. The molecule has 0 aromatic carbocycles. The van der Waals surface area contributed by atoms with Crippen LogP contribution in [0.2, 0.25) is 0 Å². The van der Waals surface area contributed by atoms with Gasteiger partial charge in [-0.05, 0) is 26.4 Å². The van der Waals surface area contributed by atoms with Crippen LogP contribution in [-0.4, -0.2) is 37.4 Å². The fourth-order valence-electron chi connectivity index (χ4n) is 1.28. The summed E-state index contributed by atoms with van der Waals surface area (Å²) in [6.45, 7) is 1.71. The van der Waals surface area contributed by atoms with Crippen LogP contribution in [-0.2, 0) is 17.6 Å². The monoisotopic (exact) mass is 213 g/mol. The second kappa shape index (κ2) is 7.36. The normalized spacial score (nSPS) is 10.8. The van der Waals surface area contributed by atoms with Crippen molar-refractivity contribution in [1.29, 1.82) is 0 Å². The molecule has 5 heteroatoms. The van der Waals surface area contributed by atoms with E-state index in [1.165, 1.54) is 0 Å². The van der Waals surface area contributed by atoms with E-state index in [4.69, 9.17) is 9.26 Å². The molecule has 0 saturated carbocycles. The Bertz CT molecular complexity index is 238. The van der Waals surface area contributed by atoms with Crippen LogP contribution in [0.1, 0.15) is 24.6 Å². The van der Waals surface area contributed by atoms with Crippen LogP contribution in [0.3, 0.4) is 0 Å². The maximum Gasteiger partial charge on any atom is 0.226 e. The molecule has 1 heterocycles. The molecule has 0 bridgehead atoms. The number of nitrogens with zero attached hydrogens (tertiary/aromatic N) is 2. The zero-order valence-corrected chi connectivity index (χ0v) is 9.45. The lowest BCUT2D eigenvalue weighted by atomic mass is 10.3. The van der Waals surface area contributed by atoms with Crippen molar-refractivity contribution in [3.8, 4) is 0 Å². The molecule has 1 rings (SSSR count). The highest BCUT2D eigenvalue weighted by Crippen LogP contribution is 2.02. The molecule has 86 valence electrons. The molecule has 0 saturated heterocycles. The Labute approximate surface area is 90.2 Å². The lowest BCUT2D eigenvalue weighted by Crippen LogP contribution is -2.08. The Morgan fingerprint density at radius 1 is 1.33 bits per heavy atom. The first kappa shape index (κ1) is 12.1. The van der Waals surface area contributed by atoms with Gasteiger partial charge in [0.1, 0.15) is 0 Å². The van der Waals surface area contributed by atoms with Gasteiger partial charge in [-0.25, -0.2) is 0 Å². The molecule has 0 aliphatic carbocycles. The van der Waals surface area contributed by atoms with Gasteiger partial charge in [-0.15, -0.1) is 0 Å². The summed E-state index contributed by atoms with van der Waals surface area (Å²) in [6, 6.07) is 0. The number of hydrogen-bond donors (Lipinski definition) is 1. The van der Waals surface area contributed by atoms with Crippen molar-refractivity contribution in [2.45, 2.75) is 25.7 Å². The molecule has 0 unspecified atom stereocenters. The standard InChI is InChI=1S/C10H19N3O2/c1-11-7-3-6-10-12-9(13-15-10)5-4-8-14-2/h11H,3-8H2,1-2H3. The third-order valence-electron chi connectivity index (χ3n) is 2.08. The second-order valence-corrected chi connectivity index (χ2v) is 3.41. The summed E-state index contributed by atoms with van der Waals surface area (Å²) < 4.78 is 10.1. The summed E-state index contributed by atoms with van der Waals surface area (Å²) in [5.41, 5.74) is 0. The van der Waals surface area contributed by atoms with Gasteiger partial charge >= 0.3 is 0 Å². The summed E-state index contributed by atoms with van der Waals surface area (Å²) >= 11 is 0. The van der Waals surface area contributed by atoms with E-state index in [1.54, 1.807) is 7.11 Å². The number of rotatable bonds is 8. The smallest absolute Gasteiger partial charge is 0.226 e. The predicted octanol–water partition coefficient (Wildman–Crippen LogP) is 0.801. The second-order valence-electron chi connectivity index (χ2n) is 3.41. The van der Waals surface area contributed by atoms with E-state index in [-0.39, 0.29) is 0 Å². The fraction of sp³-hybridized carbons (Fsp3) is 0.800. The Balaban J connectivity index is 2.23. The number of nitrogens with one attached hydrogen (secondary N) is 1. The van der Waals surface area contributed by atoms with Crippen molar-refractivity contribution < 1.29 is 9.26 Å². The number of hydrogen-bond acceptors (Lipinski definition) is 5. The van der Waals surface area contributed by atoms with Gasteiger partial charge in [0.05, 0.1) is 0 Å². The topological polar surface area (TPSA) is 60.2 Å². The lowest BCUT2D eigenvalue weighted by molar-refractivity contribution is 0.194. The number of aromatic nitrogens is 2. The molecule has 0 atom stereocenters. The van der Waals surface area contributed by atoms with E-state index >= 15 is 0 Å². The van der Waals surface area contributed by atoms with Crippen LogP contribution in [0, 0.1) is 0 Å². The third-order valence-corrected chi connectivity index (χ3v) is 2.08. The highest BCUT2D eigenvalue weighted by atomic mass is 16.5. The lowest BCUT2D eigenvalue weighted by Gasteiger charge is -1.94. The van der Waals surface area contributed by atoms with Gasteiger partial charge in [0.2, 0.25) is 5.89 Å². The van der Waals surface area contributed by atoms with E-state index in [1.807, 2.05) is 7.05 Å². The van der Waals surface area contributed by atoms with Gasteiger partial charge < -0.3 is 14.6 Å². The van der Waals surface area contributed by atoms with Crippen molar-refractivity contribution in [2.75, 3.05) is 27.3 Å². The summed E-state index contributed by atoms with van der Waals surface area (Å²) in [5.74, 6) is 1.52. The molecular weight excluding hydrogens is 194 g/mol. The van der Waals surface area contributed by atoms with Gasteiger partial charge in [-0.3, -0.25) is 0 Å². The predicted molar refractivity (Wildman–Crippen MR) is 56.7 cm³/mol. The van der Waals surface area contributed by atoms with Gasteiger partial charge in [-0.2, -0.15) is 4.98 Å². The molecule has 1 aromatic rings. The highest BCUT2D eigenvalue weighted by Gasteiger charge is 2.05. The summed E-state index contributed by atoms with van der Waals surface area (Å²) in [6.07, 6.45) is 3.63. The zero-order valence-electron chi connectivity index (χ0n) is 9.45. The van der Waals surface area contributed by atoms with Crippen LogP contribution in [0.4, 0.5) is 0 Å². The van der Waals surface area contributed by atoms with Gasteiger partial charge in [-0.1, -0.05) is 5.16 Å². The molecule has 1 aromatic heterocycles. The van der Waals surface area contributed by atoms with Crippen molar-refractivity contribution in [2.24, 2.45) is 0 Å². The summed E-state index contributed by atoms with van der Waals surface area (Å²) in [4.78, 5) is 4.29. The molecule has 0 fully saturated rings. The average Bonchev–Trinajstić information content (AvgIpc) is 2.67. The molecule has 0 aliphatic rings. The quantitative estimate of drug-likeness (QED) is 0.647. The first-order valence-electron chi connectivity index (χ1n) is 5.32. The van der Waals surface area contributed by atoms with E-state index in [0.717, 1.165) is 50.6 Å². The summed E-state index contributed by atoms with van der Waals surface area (Å²) in [5, 5.41) is 6.98. The van der Waals surface area contributed by atoms with Gasteiger partial charge in [0.15, 0.2) is 5.82 Å². The Morgan fingerprint density at radius 2 is 2.20 bits per heavy atom. The number of ether oxygens (including phenoxy) is 1. The third kappa shape index (κ3) is 4.90. The molecular formula is C10H19N3O2. The van der Waals surface area contributed by atoms with Crippen molar-refractivity contribution in [1.82, 2.24) is 15.5 Å². The summed E-state index contributed by atoms with van der Waals surface area (Å²) in [7, 11) is 3.63. The van der Waals surface area contributed by atoms with Crippen LogP contribution in [0.15, 0.2) is 4.52 Å². The highest BCUT2D eigenvalue weighted by molar-refractivity contribution is 4.86. The van der Waals surface area contributed by atoms with Crippen molar-refractivity contribution in [3.05, 3.63) is 11.7 Å². The maximum absolute atomic E-state index is 5.11. The van der Waals surface area contributed by atoms with Gasteiger partial charge in [0, 0.05) is 26.6 Å². The van der Waals surface area contributed by atoms with Crippen LogP contribution < -0.4 is 5.32 Å². The van der Waals surface area contributed by atoms with Gasteiger partial charge in [0.25, 0.3) is 0 Å². The van der Waals surface area contributed by atoms with E-state index in [2.05, 4.69) is 15.5 Å². The first-order valence-corrected chi connectivity index (χ1v) is 5.32. The Morgan fingerprint density at radius 3 is 2.93 bits per heavy atom. The molecule has 1 N–H and O–H groups in total. The Kier molecular flexibility index (Phi) is 5.96. The van der Waals surface area contributed by atoms with E-state index < -0.39 is 0 Å². The SMILES string of the molecule is CNCCCc1nc(CCCOC)no1. The number of aryl methyl sites for hydroxylation is 2.